The molecule has 0 aliphatic rings. The van der Waals surface area contributed by atoms with Gasteiger partial charge in [-0.1, -0.05) is 50.6 Å². The number of nitrogens with one attached hydrogen (secondary N) is 1. The molecule has 106 valence electrons. The van der Waals surface area contributed by atoms with E-state index in [-0.39, 0.29) is 5.91 Å². The Kier molecular flexibility index (Phi) is 4.23. The minimum atomic E-state index is -0.400. The van der Waals surface area contributed by atoms with Crippen molar-refractivity contribution in [1.82, 2.24) is 4.98 Å². The SMILES string of the molecule is Cc1ccc(Cc2cnc(NC(=O)C(C)(C)C)s2)cc1. The molecule has 1 aromatic carbocycles. The molecule has 0 unspecified atom stereocenters. The number of hydrogen-bond acceptors (Lipinski definition) is 3. The number of hydrogen-bond donors (Lipinski definition) is 1. The monoisotopic (exact) mass is 288 g/mol. The van der Waals surface area contributed by atoms with Crippen molar-refractivity contribution in [3.8, 4) is 0 Å². The second kappa shape index (κ2) is 5.75. The molecule has 1 amide bonds. The number of anilines is 1. The molecule has 0 bridgehead atoms. The van der Waals surface area contributed by atoms with Gasteiger partial charge >= 0.3 is 0 Å². The smallest absolute Gasteiger partial charge is 0.231 e. The van der Waals surface area contributed by atoms with E-state index in [9.17, 15) is 4.79 Å². The molecule has 0 aliphatic heterocycles. The number of thiazole rings is 1. The van der Waals surface area contributed by atoms with Crippen molar-refractivity contribution in [3.63, 3.8) is 0 Å². The van der Waals surface area contributed by atoms with E-state index in [0.717, 1.165) is 11.3 Å². The fraction of sp³-hybridized carbons (Fsp3) is 0.375. The number of aryl methyl sites for hydroxylation is 1. The molecule has 4 heteroatoms. The second-order valence-corrected chi connectivity index (χ2v) is 7.11. The molecule has 0 spiro atoms. The van der Waals surface area contributed by atoms with Gasteiger partial charge in [0.25, 0.3) is 0 Å². The van der Waals surface area contributed by atoms with Gasteiger partial charge in [-0.3, -0.25) is 4.79 Å². The van der Waals surface area contributed by atoms with Crippen LogP contribution >= 0.6 is 11.3 Å². The second-order valence-electron chi connectivity index (χ2n) is 6.00. The maximum Gasteiger partial charge on any atom is 0.231 e. The van der Waals surface area contributed by atoms with Crippen LogP contribution in [-0.4, -0.2) is 10.9 Å². The van der Waals surface area contributed by atoms with Crippen LogP contribution in [0.4, 0.5) is 5.13 Å². The fourth-order valence-corrected chi connectivity index (χ4v) is 2.48. The lowest BCUT2D eigenvalue weighted by Gasteiger charge is -2.15. The molecule has 1 heterocycles. The average Bonchev–Trinajstić information content (AvgIpc) is 2.78. The van der Waals surface area contributed by atoms with Crippen LogP contribution in [0.2, 0.25) is 0 Å². The zero-order valence-corrected chi connectivity index (χ0v) is 13.2. The molecule has 2 rings (SSSR count). The van der Waals surface area contributed by atoms with Gasteiger partial charge in [0.1, 0.15) is 0 Å². The Morgan fingerprint density at radius 2 is 1.90 bits per heavy atom. The van der Waals surface area contributed by atoms with E-state index < -0.39 is 5.41 Å². The normalized spacial score (nSPS) is 11.4. The molecule has 0 saturated carbocycles. The van der Waals surface area contributed by atoms with Crippen LogP contribution in [0.5, 0.6) is 0 Å². The highest BCUT2D eigenvalue weighted by molar-refractivity contribution is 7.15. The average molecular weight is 288 g/mol. The Labute approximate surface area is 124 Å². The largest absolute Gasteiger partial charge is 0.302 e. The number of aromatic nitrogens is 1. The van der Waals surface area contributed by atoms with Crippen molar-refractivity contribution in [2.45, 2.75) is 34.1 Å². The van der Waals surface area contributed by atoms with E-state index in [0.29, 0.717) is 5.13 Å². The summed E-state index contributed by atoms with van der Waals surface area (Å²) < 4.78 is 0. The third kappa shape index (κ3) is 3.90. The van der Waals surface area contributed by atoms with Crippen molar-refractivity contribution in [2.24, 2.45) is 5.41 Å². The lowest BCUT2D eigenvalue weighted by Crippen LogP contribution is -2.27. The molecule has 0 fully saturated rings. The van der Waals surface area contributed by atoms with Gasteiger partial charge in [0.05, 0.1) is 0 Å². The summed E-state index contributed by atoms with van der Waals surface area (Å²) >= 11 is 1.53. The molecular formula is C16H20N2OS. The summed E-state index contributed by atoms with van der Waals surface area (Å²) in [5.74, 6) is -0.00580. The molecule has 20 heavy (non-hydrogen) atoms. The van der Waals surface area contributed by atoms with Gasteiger partial charge in [0.15, 0.2) is 5.13 Å². The number of nitrogens with zero attached hydrogens (tertiary/aromatic N) is 1. The summed E-state index contributed by atoms with van der Waals surface area (Å²) in [4.78, 5) is 17.3. The minimum Gasteiger partial charge on any atom is -0.302 e. The fourth-order valence-electron chi connectivity index (χ4n) is 1.64. The van der Waals surface area contributed by atoms with Crippen molar-refractivity contribution in [2.75, 3.05) is 5.32 Å². The highest BCUT2D eigenvalue weighted by atomic mass is 32.1. The quantitative estimate of drug-likeness (QED) is 0.926. The van der Waals surface area contributed by atoms with Crippen molar-refractivity contribution in [3.05, 3.63) is 46.5 Å². The zero-order chi connectivity index (χ0) is 14.8. The Morgan fingerprint density at radius 3 is 2.50 bits per heavy atom. The third-order valence-corrected chi connectivity index (χ3v) is 3.87. The first-order valence-corrected chi connectivity index (χ1v) is 7.48. The number of benzene rings is 1. The standard InChI is InChI=1S/C16H20N2OS/c1-11-5-7-12(8-6-11)9-13-10-17-15(20-13)18-14(19)16(2,3)4/h5-8,10H,9H2,1-4H3,(H,17,18,19). The van der Waals surface area contributed by atoms with Crippen LogP contribution < -0.4 is 5.32 Å². The molecule has 3 nitrogen and oxygen atoms in total. The topological polar surface area (TPSA) is 42.0 Å². The van der Waals surface area contributed by atoms with Gasteiger partial charge in [-0.25, -0.2) is 4.98 Å². The Morgan fingerprint density at radius 1 is 1.25 bits per heavy atom. The van der Waals surface area contributed by atoms with Gasteiger partial charge in [-0.15, -0.1) is 11.3 Å². The van der Waals surface area contributed by atoms with E-state index in [4.69, 9.17) is 0 Å². The Balaban J connectivity index is 2.02. The lowest BCUT2D eigenvalue weighted by atomic mass is 9.96. The van der Waals surface area contributed by atoms with Gasteiger partial charge < -0.3 is 5.32 Å². The maximum absolute atomic E-state index is 11.9. The number of carbonyl (C=O) groups excluding carboxylic acids is 1. The van der Waals surface area contributed by atoms with Crippen molar-refractivity contribution >= 4 is 22.4 Å². The summed E-state index contributed by atoms with van der Waals surface area (Å²) in [5.41, 5.74) is 2.12. The zero-order valence-electron chi connectivity index (χ0n) is 12.4. The van der Waals surface area contributed by atoms with E-state index in [1.165, 1.54) is 22.5 Å². The Hall–Kier alpha value is -1.68. The summed E-state index contributed by atoms with van der Waals surface area (Å²) in [7, 11) is 0. The van der Waals surface area contributed by atoms with Gasteiger partial charge in [-0.05, 0) is 12.5 Å². The van der Waals surface area contributed by atoms with Gasteiger partial charge in [0, 0.05) is 22.9 Å². The number of carbonyl (C=O) groups is 1. The maximum atomic E-state index is 11.9. The van der Waals surface area contributed by atoms with Crippen molar-refractivity contribution in [1.29, 1.82) is 0 Å². The first kappa shape index (κ1) is 14.7. The van der Waals surface area contributed by atoms with E-state index in [1.54, 1.807) is 0 Å². The molecular weight excluding hydrogens is 268 g/mol. The molecule has 1 aromatic heterocycles. The van der Waals surface area contributed by atoms with Crippen LogP contribution in [0.15, 0.2) is 30.5 Å². The highest BCUT2D eigenvalue weighted by Crippen LogP contribution is 2.23. The van der Waals surface area contributed by atoms with Crippen LogP contribution in [0.3, 0.4) is 0 Å². The molecule has 0 saturated heterocycles. The number of rotatable bonds is 3. The summed E-state index contributed by atoms with van der Waals surface area (Å²) in [6, 6.07) is 8.47. The minimum absolute atomic E-state index is 0.00580. The van der Waals surface area contributed by atoms with E-state index >= 15 is 0 Å². The first-order valence-electron chi connectivity index (χ1n) is 6.66. The van der Waals surface area contributed by atoms with Crippen LogP contribution in [0.25, 0.3) is 0 Å². The molecule has 2 aromatic rings. The third-order valence-electron chi connectivity index (χ3n) is 2.95. The Bertz CT molecular complexity index is 594. The first-order chi connectivity index (χ1) is 9.34. The predicted octanol–water partition coefficient (Wildman–Crippen LogP) is 4.03. The van der Waals surface area contributed by atoms with E-state index in [2.05, 4.69) is 41.5 Å². The number of amides is 1. The van der Waals surface area contributed by atoms with Gasteiger partial charge in [-0.2, -0.15) is 0 Å². The van der Waals surface area contributed by atoms with Crippen molar-refractivity contribution < 1.29 is 4.79 Å². The molecule has 0 radical (unpaired) electrons. The molecule has 1 N–H and O–H groups in total. The van der Waals surface area contributed by atoms with Crippen LogP contribution in [0.1, 0.15) is 36.8 Å². The molecule has 0 atom stereocenters. The lowest BCUT2D eigenvalue weighted by molar-refractivity contribution is -0.123. The predicted molar refractivity (Wildman–Crippen MR) is 84.2 cm³/mol. The van der Waals surface area contributed by atoms with Crippen LogP contribution in [0, 0.1) is 12.3 Å². The van der Waals surface area contributed by atoms with Gasteiger partial charge in [0.2, 0.25) is 5.91 Å². The highest BCUT2D eigenvalue weighted by Gasteiger charge is 2.22. The summed E-state index contributed by atoms with van der Waals surface area (Å²) in [6.07, 6.45) is 2.69. The van der Waals surface area contributed by atoms with E-state index in [1.807, 2.05) is 27.0 Å². The molecule has 0 aliphatic carbocycles. The summed E-state index contributed by atoms with van der Waals surface area (Å²) in [5, 5.41) is 3.54. The summed E-state index contributed by atoms with van der Waals surface area (Å²) in [6.45, 7) is 7.76. The van der Waals surface area contributed by atoms with Crippen LogP contribution in [-0.2, 0) is 11.2 Å².